The van der Waals surface area contributed by atoms with Crippen LogP contribution >= 0.6 is 0 Å². The lowest BCUT2D eigenvalue weighted by molar-refractivity contribution is -0.118. The third-order valence-corrected chi connectivity index (χ3v) is 2.15. The maximum absolute atomic E-state index is 11.3. The standard InChI is InChI=1S/C10H17N3O2/c1-4-6-8(14)7-9-11-10(12-15-9)13(3)5-2/h4-7H2,1-3H3. The van der Waals surface area contributed by atoms with Crippen LogP contribution in [0.2, 0.25) is 0 Å². The highest BCUT2D eigenvalue weighted by Gasteiger charge is 2.12. The summed E-state index contributed by atoms with van der Waals surface area (Å²) in [6.45, 7) is 4.78. The predicted molar refractivity (Wildman–Crippen MR) is 56.9 cm³/mol. The SMILES string of the molecule is CCCC(=O)Cc1nc(N(C)CC)no1. The molecule has 0 fully saturated rings. The van der Waals surface area contributed by atoms with Gasteiger partial charge < -0.3 is 9.42 Å². The summed E-state index contributed by atoms with van der Waals surface area (Å²) in [6, 6.07) is 0. The van der Waals surface area contributed by atoms with Crippen molar-refractivity contribution in [1.29, 1.82) is 0 Å². The van der Waals surface area contributed by atoms with Gasteiger partial charge in [-0.2, -0.15) is 4.98 Å². The maximum Gasteiger partial charge on any atom is 0.265 e. The van der Waals surface area contributed by atoms with Gasteiger partial charge in [-0.1, -0.05) is 6.92 Å². The topological polar surface area (TPSA) is 59.2 Å². The molecule has 0 aliphatic heterocycles. The molecule has 0 N–H and O–H groups in total. The Labute approximate surface area is 89.5 Å². The second-order valence-electron chi connectivity index (χ2n) is 3.47. The molecule has 0 atom stereocenters. The van der Waals surface area contributed by atoms with Gasteiger partial charge in [-0.25, -0.2) is 0 Å². The maximum atomic E-state index is 11.3. The summed E-state index contributed by atoms with van der Waals surface area (Å²) in [5.74, 6) is 1.09. The number of anilines is 1. The van der Waals surface area contributed by atoms with E-state index in [0.29, 0.717) is 18.3 Å². The fourth-order valence-corrected chi connectivity index (χ4v) is 1.15. The molecule has 1 aromatic rings. The van der Waals surface area contributed by atoms with Crippen LogP contribution in [0.15, 0.2) is 4.52 Å². The molecule has 5 heteroatoms. The van der Waals surface area contributed by atoms with Gasteiger partial charge in [-0.05, 0) is 18.5 Å². The lowest BCUT2D eigenvalue weighted by Gasteiger charge is -2.08. The van der Waals surface area contributed by atoms with E-state index < -0.39 is 0 Å². The fourth-order valence-electron chi connectivity index (χ4n) is 1.15. The number of rotatable bonds is 6. The molecule has 1 rings (SSSR count). The van der Waals surface area contributed by atoms with Gasteiger partial charge in [0.15, 0.2) is 0 Å². The van der Waals surface area contributed by atoms with E-state index in [-0.39, 0.29) is 12.2 Å². The van der Waals surface area contributed by atoms with Gasteiger partial charge >= 0.3 is 0 Å². The van der Waals surface area contributed by atoms with E-state index in [9.17, 15) is 4.79 Å². The van der Waals surface area contributed by atoms with Crippen molar-refractivity contribution < 1.29 is 9.32 Å². The van der Waals surface area contributed by atoms with E-state index in [2.05, 4.69) is 10.1 Å². The van der Waals surface area contributed by atoms with E-state index in [4.69, 9.17) is 4.52 Å². The normalized spacial score (nSPS) is 10.3. The Hall–Kier alpha value is -1.39. The van der Waals surface area contributed by atoms with Crippen LogP contribution in [0.1, 0.15) is 32.6 Å². The van der Waals surface area contributed by atoms with Crippen LogP contribution in [-0.4, -0.2) is 29.5 Å². The largest absolute Gasteiger partial charge is 0.342 e. The first kappa shape index (κ1) is 11.7. The Bertz CT molecular complexity index is 322. The molecule has 5 nitrogen and oxygen atoms in total. The van der Waals surface area contributed by atoms with Crippen molar-refractivity contribution in [3.05, 3.63) is 5.89 Å². The van der Waals surface area contributed by atoms with Gasteiger partial charge in [0, 0.05) is 20.0 Å². The zero-order valence-electron chi connectivity index (χ0n) is 9.49. The zero-order valence-corrected chi connectivity index (χ0v) is 9.49. The minimum atomic E-state index is 0.145. The predicted octanol–water partition coefficient (Wildman–Crippen LogP) is 1.44. The summed E-state index contributed by atoms with van der Waals surface area (Å²) in [5, 5.41) is 3.79. The molecule has 0 saturated heterocycles. The molecule has 0 bridgehead atoms. The fraction of sp³-hybridized carbons (Fsp3) is 0.700. The van der Waals surface area contributed by atoms with Crippen molar-refractivity contribution in [2.75, 3.05) is 18.5 Å². The number of ketones is 1. The van der Waals surface area contributed by atoms with Crippen LogP contribution < -0.4 is 4.90 Å². The van der Waals surface area contributed by atoms with Gasteiger partial charge in [0.05, 0.1) is 6.42 Å². The number of hydrogen-bond acceptors (Lipinski definition) is 5. The number of Topliss-reactive ketones (excluding diaryl/α,β-unsaturated/α-hetero) is 1. The smallest absolute Gasteiger partial charge is 0.265 e. The minimum Gasteiger partial charge on any atom is -0.342 e. The van der Waals surface area contributed by atoms with Crippen molar-refractivity contribution in [2.24, 2.45) is 0 Å². The first-order valence-electron chi connectivity index (χ1n) is 5.22. The van der Waals surface area contributed by atoms with Crippen molar-refractivity contribution in [3.8, 4) is 0 Å². The molecule has 0 radical (unpaired) electrons. The summed E-state index contributed by atoms with van der Waals surface area (Å²) in [4.78, 5) is 17.3. The lowest BCUT2D eigenvalue weighted by atomic mass is 10.2. The molecule has 0 aromatic carbocycles. The number of nitrogens with zero attached hydrogens (tertiary/aromatic N) is 3. The molecular weight excluding hydrogens is 194 g/mol. The number of hydrogen-bond donors (Lipinski definition) is 0. The van der Waals surface area contributed by atoms with Gasteiger partial charge in [-0.15, -0.1) is 0 Å². The quantitative estimate of drug-likeness (QED) is 0.712. The molecule has 0 aliphatic carbocycles. The average molecular weight is 211 g/mol. The highest BCUT2D eigenvalue weighted by molar-refractivity contribution is 5.79. The first-order valence-corrected chi connectivity index (χ1v) is 5.22. The summed E-state index contributed by atoms with van der Waals surface area (Å²) >= 11 is 0. The Balaban J connectivity index is 2.56. The molecule has 15 heavy (non-hydrogen) atoms. The average Bonchev–Trinajstić information content (AvgIpc) is 2.65. The summed E-state index contributed by atoms with van der Waals surface area (Å²) in [7, 11) is 1.88. The lowest BCUT2D eigenvalue weighted by Crippen LogP contribution is -2.17. The Morgan fingerprint density at radius 3 is 2.80 bits per heavy atom. The molecule has 0 saturated carbocycles. The van der Waals surface area contributed by atoms with Gasteiger partial charge in [0.25, 0.3) is 5.95 Å². The van der Waals surface area contributed by atoms with Gasteiger partial charge in [0.1, 0.15) is 5.78 Å². The van der Waals surface area contributed by atoms with Crippen LogP contribution in [0, 0.1) is 0 Å². The van der Waals surface area contributed by atoms with Gasteiger partial charge in [-0.3, -0.25) is 4.79 Å². The van der Waals surface area contributed by atoms with E-state index in [1.807, 2.05) is 25.8 Å². The second kappa shape index (κ2) is 5.48. The first-order chi connectivity index (χ1) is 7.17. The summed E-state index contributed by atoms with van der Waals surface area (Å²) < 4.78 is 4.98. The van der Waals surface area contributed by atoms with E-state index >= 15 is 0 Å². The van der Waals surface area contributed by atoms with E-state index in [1.54, 1.807) is 0 Å². The number of carbonyl (C=O) groups excluding carboxylic acids is 1. The Kier molecular flexibility index (Phi) is 4.27. The van der Waals surface area contributed by atoms with Crippen molar-refractivity contribution >= 4 is 11.7 Å². The van der Waals surface area contributed by atoms with Crippen molar-refractivity contribution in [2.45, 2.75) is 33.1 Å². The molecule has 84 valence electrons. The third kappa shape index (κ3) is 3.34. The monoisotopic (exact) mass is 211 g/mol. The van der Waals surface area contributed by atoms with E-state index in [0.717, 1.165) is 13.0 Å². The third-order valence-electron chi connectivity index (χ3n) is 2.15. The summed E-state index contributed by atoms with van der Waals surface area (Å²) in [5.41, 5.74) is 0. The number of carbonyl (C=O) groups is 1. The number of aromatic nitrogens is 2. The highest BCUT2D eigenvalue weighted by atomic mass is 16.5. The van der Waals surface area contributed by atoms with Crippen LogP contribution in [0.3, 0.4) is 0 Å². The second-order valence-corrected chi connectivity index (χ2v) is 3.47. The Morgan fingerprint density at radius 1 is 1.47 bits per heavy atom. The van der Waals surface area contributed by atoms with Crippen LogP contribution in [-0.2, 0) is 11.2 Å². The zero-order chi connectivity index (χ0) is 11.3. The molecule has 0 unspecified atom stereocenters. The van der Waals surface area contributed by atoms with E-state index in [1.165, 1.54) is 0 Å². The molecule has 0 amide bonds. The summed E-state index contributed by atoms with van der Waals surface area (Å²) in [6.07, 6.45) is 1.68. The van der Waals surface area contributed by atoms with Crippen LogP contribution in [0.4, 0.5) is 5.95 Å². The molecule has 1 heterocycles. The molecular formula is C10H17N3O2. The Morgan fingerprint density at radius 2 is 2.20 bits per heavy atom. The molecule has 1 aromatic heterocycles. The molecule has 0 aliphatic rings. The van der Waals surface area contributed by atoms with Crippen LogP contribution in [0.5, 0.6) is 0 Å². The van der Waals surface area contributed by atoms with Crippen molar-refractivity contribution in [1.82, 2.24) is 10.1 Å². The highest BCUT2D eigenvalue weighted by Crippen LogP contribution is 2.08. The van der Waals surface area contributed by atoms with Crippen molar-refractivity contribution in [3.63, 3.8) is 0 Å². The van der Waals surface area contributed by atoms with Gasteiger partial charge in [0.2, 0.25) is 5.89 Å². The van der Waals surface area contributed by atoms with Crippen LogP contribution in [0.25, 0.3) is 0 Å². The minimum absolute atomic E-state index is 0.145. The molecule has 0 spiro atoms.